The second kappa shape index (κ2) is 15.8. The van der Waals surface area contributed by atoms with Crippen LogP contribution in [0.25, 0.3) is 11.0 Å². The first-order chi connectivity index (χ1) is 29.9. The summed E-state index contributed by atoms with van der Waals surface area (Å²) >= 11 is 12.9. The van der Waals surface area contributed by atoms with E-state index in [1.807, 2.05) is 24.3 Å². The first-order valence-corrected chi connectivity index (χ1v) is 22.8. The van der Waals surface area contributed by atoms with Crippen LogP contribution in [-0.2, 0) is 31.6 Å². The highest BCUT2D eigenvalue weighted by atomic mass is 35.5. The van der Waals surface area contributed by atoms with Gasteiger partial charge in [0.25, 0.3) is 0 Å². The maximum atomic E-state index is 16.3. The van der Waals surface area contributed by atoms with Gasteiger partial charge in [0.1, 0.15) is 17.3 Å². The van der Waals surface area contributed by atoms with Crippen molar-refractivity contribution in [2.75, 3.05) is 36.4 Å². The number of piperidine rings is 3. The van der Waals surface area contributed by atoms with Crippen LogP contribution in [0.1, 0.15) is 93.7 Å². The SMILES string of the molecule is Cn1c(=O)n(C2CCC(=O)NC2=O)c2ccc(N3CCC(N4CCC(NC(=O)[C@@H]5NC6(CCCCC6)[C@@]6(C(=O)Nc7cc(Cl)ccc76)[C@H]5c5cccc(Cl)c5F)CC4)CC3)cc21. The molecule has 2 spiro atoms. The number of likely N-dealkylation sites (tertiary alicyclic amines) is 1. The van der Waals surface area contributed by atoms with Crippen LogP contribution in [0.2, 0.25) is 10.0 Å². The van der Waals surface area contributed by atoms with Crippen molar-refractivity contribution < 1.29 is 23.6 Å². The number of fused-ring (bicyclic) bond motifs is 4. The number of aromatic nitrogens is 2. The molecule has 1 aliphatic carbocycles. The van der Waals surface area contributed by atoms with Crippen molar-refractivity contribution in [2.45, 2.75) is 112 Å². The zero-order chi connectivity index (χ0) is 43.1. The first-order valence-electron chi connectivity index (χ1n) is 22.1. The Morgan fingerprint density at radius 3 is 2.35 bits per heavy atom. The number of hydrogen-bond acceptors (Lipinski definition) is 8. The summed E-state index contributed by atoms with van der Waals surface area (Å²) in [6.45, 7) is 3.34. The predicted octanol–water partition coefficient (Wildman–Crippen LogP) is 5.66. The van der Waals surface area contributed by atoms with Gasteiger partial charge in [-0.15, -0.1) is 0 Å². The number of hydrogen-bond donors (Lipinski definition) is 4. The average molecular weight is 886 g/mol. The molecule has 16 heteroatoms. The predicted molar refractivity (Wildman–Crippen MR) is 235 cm³/mol. The zero-order valence-corrected chi connectivity index (χ0v) is 36.2. The van der Waals surface area contributed by atoms with E-state index in [1.54, 1.807) is 35.9 Å². The minimum Gasteiger partial charge on any atom is -0.371 e. The van der Waals surface area contributed by atoms with Crippen molar-refractivity contribution in [1.82, 2.24) is 30.0 Å². The Bertz CT molecular complexity index is 2560. The van der Waals surface area contributed by atoms with Crippen LogP contribution in [0.3, 0.4) is 0 Å². The quantitative estimate of drug-likeness (QED) is 0.182. The molecule has 6 heterocycles. The molecule has 5 fully saturated rings. The number of benzene rings is 3. The molecule has 5 aliphatic heterocycles. The van der Waals surface area contributed by atoms with Gasteiger partial charge in [0.05, 0.1) is 22.1 Å². The average Bonchev–Trinajstić information content (AvgIpc) is 3.82. The normalized spacial score (nSPS) is 26.9. The monoisotopic (exact) mass is 884 g/mol. The van der Waals surface area contributed by atoms with Gasteiger partial charge in [0.2, 0.25) is 23.6 Å². The molecule has 1 aromatic heterocycles. The van der Waals surface area contributed by atoms with Crippen LogP contribution in [-0.4, -0.2) is 87.5 Å². The molecule has 1 unspecified atom stereocenters. The highest BCUT2D eigenvalue weighted by Crippen LogP contribution is 2.63. The minimum absolute atomic E-state index is 0.0518. The number of nitrogens with one attached hydrogen (secondary N) is 4. The fourth-order valence-electron chi connectivity index (χ4n) is 12.2. The maximum Gasteiger partial charge on any atom is 0.329 e. The fraction of sp³-hybridized carbons (Fsp3) is 0.500. The third-order valence-electron chi connectivity index (χ3n) is 15.1. The van der Waals surface area contributed by atoms with E-state index in [4.69, 9.17) is 23.2 Å². The number of anilines is 2. The third kappa shape index (κ3) is 6.49. The topological polar surface area (TPSA) is 150 Å². The summed E-state index contributed by atoms with van der Waals surface area (Å²) in [6.07, 6.45) is 8.02. The Morgan fingerprint density at radius 1 is 0.855 bits per heavy atom. The van der Waals surface area contributed by atoms with Gasteiger partial charge in [0, 0.05) is 79.6 Å². The van der Waals surface area contributed by atoms with Crippen molar-refractivity contribution in [1.29, 1.82) is 0 Å². The number of amides is 4. The van der Waals surface area contributed by atoms with Gasteiger partial charge < -0.3 is 20.4 Å². The number of aryl methyl sites for hydroxylation is 1. The lowest BCUT2D eigenvalue weighted by atomic mass is 9.55. The Balaban J connectivity index is 0.829. The van der Waals surface area contributed by atoms with Gasteiger partial charge in [-0.3, -0.25) is 38.9 Å². The van der Waals surface area contributed by atoms with E-state index in [2.05, 4.69) is 31.1 Å². The molecule has 13 nitrogen and oxygen atoms in total. The number of carbonyl (C=O) groups is 4. The van der Waals surface area contributed by atoms with Crippen molar-refractivity contribution >= 4 is 69.2 Å². The van der Waals surface area contributed by atoms with E-state index in [0.717, 1.165) is 87.9 Å². The molecular formula is C46H51Cl2FN8O5. The number of rotatable bonds is 6. The number of halogens is 3. The Labute approximate surface area is 368 Å². The standard InChI is InChI=1S/C46H51Cl2FN8O5/c1-54-36-25-29(9-11-34(36)57(44(54)62)35-12-13-37(58)52-41(35)59)56-22-16-28(17-23-56)55-20-14-27(15-21-55)50-42(60)40-38(30-6-5-7-32(48)39(30)49)46(45(53-40)18-3-2-4-19-45)31-10-8-26(47)24-33(31)51-43(46)61/h5-11,24-25,27-28,35,38,40,53H,2-4,12-23H2,1H3,(H,50,60)(H,51,61)(H,52,58,59)/t35?,38-,40+,46+/m0/s1. The molecule has 326 valence electrons. The van der Waals surface area contributed by atoms with Crippen LogP contribution in [0.5, 0.6) is 0 Å². The molecule has 4 atom stereocenters. The summed E-state index contributed by atoms with van der Waals surface area (Å²) in [5, 5.41) is 13.0. The third-order valence-corrected chi connectivity index (χ3v) is 15.6. The van der Waals surface area contributed by atoms with Crippen molar-refractivity contribution in [3.05, 3.63) is 92.1 Å². The second-order valence-corrected chi connectivity index (χ2v) is 19.1. The maximum absolute atomic E-state index is 16.3. The lowest BCUT2D eigenvalue weighted by Gasteiger charge is -2.47. The number of carbonyl (C=O) groups excluding carboxylic acids is 4. The summed E-state index contributed by atoms with van der Waals surface area (Å²) in [5.74, 6) is -2.74. The second-order valence-electron chi connectivity index (χ2n) is 18.2. The van der Waals surface area contributed by atoms with E-state index < -0.39 is 40.7 Å². The molecule has 6 aliphatic rings. The minimum atomic E-state index is -1.28. The van der Waals surface area contributed by atoms with Crippen molar-refractivity contribution in [3.8, 4) is 0 Å². The number of imide groups is 1. The lowest BCUT2D eigenvalue weighted by molar-refractivity contribution is -0.136. The molecule has 0 bridgehead atoms. The van der Waals surface area contributed by atoms with E-state index in [0.29, 0.717) is 41.5 Å². The van der Waals surface area contributed by atoms with Gasteiger partial charge in [-0.1, -0.05) is 60.7 Å². The molecule has 4 amide bonds. The van der Waals surface area contributed by atoms with Gasteiger partial charge in [-0.2, -0.15) is 0 Å². The summed E-state index contributed by atoms with van der Waals surface area (Å²) in [4.78, 5) is 72.1. The number of imidazole rings is 1. The summed E-state index contributed by atoms with van der Waals surface area (Å²) in [7, 11) is 1.71. The molecule has 10 rings (SSSR count). The van der Waals surface area contributed by atoms with Gasteiger partial charge in [0.15, 0.2) is 0 Å². The molecule has 62 heavy (non-hydrogen) atoms. The summed E-state index contributed by atoms with van der Waals surface area (Å²) in [6, 6.07) is 14.8. The van der Waals surface area contributed by atoms with Crippen LogP contribution in [0, 0.1) is 5.82 Å². The van der Waals surface area contributed by atoms with Gasteiger partial charge in [-0.25, -0.2) is 9.18 Å². The first kappa shape index (κ1) is 41.3. The van der Waals surface area contributed by atoms with E-state index in [9.17, 15) is 24.0 Å². The van der Waals surface area contributed by atoms with Crippen LogP contribution in [0.15, 0.2) is 59.4 Å². The lowest BCUT2D eigenvalue weighted by Crippen LogP contribution is -2.60. The number of nitrogens with zero attached hydrogens (tertiary/aromatic N) is 4. The molecular weight excluding hydrogens is 834 g/mol. The highest BCUT2D eigenvalue weighted by Gasteiger charge is 2.72. The molecule has 1 saturated carbocycles. The van der Waals surface area contributed by atoms with Crippen molar-refractivity contribution in [3.63, 3.8) is 0 Å². The highest BCUT2D eigenvalue weighted by molar-refractivity contribution is 6.31. The van der Waals surface area contributed by atoms with E-state index in [-0.39, 0.29) is 46.5 Å². The Kier molecular flexibility index (Phi) is 10.5. The Morgan fingerprint density at radius 2 is 1.61 bits per heavy atom. The Hall–Kier alpha value is -4.76. The smallest absolute Gasteiger partial charge is 0.329 e. The van der Waals surface area contributed by atoms with E-state index >= 15 is 4.39 Å². The molecule has 3 aromatic carbocycles. The van der Waals surface area contributed by atoms with Gasteiger partial charge >= 0.3 is 5.69 Å². The van der Waals surface area contributed by atoms with Crippen LogP contribution < -0.4 is 31.9 Å². The molecule has 4 saturated heterocycles. The zero-order valence-electron chi connectivity index (χ0n) is 34.7. The van der Waals surface area contributed by atoms with Crippen LogP contribution in [0.4, 0.5) is 15.8 Å². The molecule has 0 radical (unpaired) electrons. The largest absolute Gasteiger partial charge is 0.371 e. The molecule has 4 N–H and O–H groups in total. The molecule has 4 aromatic rings. The summed E-state index contributed by atoms with van der Waals surface area (Å²) in [5.41, 5.74) is 1.65. The fourth-order valence-corrected chi connectivity index (χ4v) is 12.5. The van der Waals surface area contributed by atoms with Gasteiger partial charge in [-0.05, 0) is 92.5 Å². The van der Waals surface area contributed by atoms with Crippen LogP contribution >= 0.6 is 23.2 Å². The van der Waals surface area contributed by atoms with Crippen molar-refractivity contribution in [2.24, 2.45) is 7.05 Å². The van der Waals surface area contributed by atoms with E-state index in [1.165, 1.54) is 10.6 Å². The summed E-state index contributed by atoms with van der Waals surface area (Å²) < 4.78 is 19.4.